The summed E-state index contributed by atoms with van der Waals surface area (Å²) in [6.45, 7) is 3.11. The summed E-state index contributed by atoms with van der Waals surface area (Å²) in [7, 11) is 4.29. The SMILES string of the molecule is CN1CCCN(C)C(C(O)c2ccc(C3CCC3)cc2)C1. The molecule has 3 nitrogen and oxygen atoms in total. The van der Waals surface area contributed by atoms with Gasteiger partial charge in [0.2, 0.25) is 0 Å². The Hall–Kier alpha value is -0.900. The maximum Gasteiger partial charge on any atom is 0.0957 e. The van der Waals surface area contributed by atoms with Crippen LogP contribution in [0.2, 0.25) is 0 Å². The number of aliphatic hydroxyl groups excluding tert-OH is 1. The second-order valence-corrected chi connectivity index (χ2v) is 6.90. The van der Waals surface area contributed by atoms with Crippen molar-refractivity contribution in [1.82, 2.24) is 9.80 Å². The second kappa shape index (κ2) is 6.47. The summed E-state index contributed by atoms with van der Waals surface area (Å²) in [6, 6.07) is 8.91. The summed E-state index contributed by atoms with van der Waals surface area (Å²) in [5.41, 5.74) is 2.51. The lowest BCUT2D eigenvalue weighted by Gasteiger charge is -2.32. The van der Waals surface area contributed by atoms with E-state index in [-0.39, 0.29) is 6.04 Å². The zero-order valence-electron chi connectivity index (χ0n) is 13.3. The molecule has 1 aromatic carbocycles. The highest BCUT2D eigenvalue weighted by Crippen LogP contribution is 2.36. The van der Waals surface area contributed by atoms with E-state index in [1.807, 2.05) is 0 Å². The van der Waals surface area contributed by atoms with E-state index in [2.05, 4.69) is 48.2 Å². The smallest absolute Gasteiger partial charge is 0.0957 e. The zero-order chi connectivity index (χ0) is 14.8. The van der Waals surface area contributed by atoms with E-state index < -0.39 is 6.10 Å². The lowest BCUT2D eigenvalue weighted by molar-refractivity contribution is 0.0572. The summed E-state index contributed by atoms with van der Waals surface area (Å²) in [5, 5.41) is 10.8. The molecule has 1 saturated carbocycles. The van der Waals surface area contributed by atoms with Crippen LogP contribution in [0.25, 0.3) is 0 Å². The van der Waals surface area contributed by atoms with Gasteiger partial charge in [-0.15, -0.1) is 0 Å². The van der Waals surface area contributed by atoms with Gasteiger partial charge in [0.15, 0.2) is 0 Å². The van der Waals surface area contributed by atoms with Crippen LogP contribution < -0.4 is 0 Å². The third-order valence-corrected chi connectivity index (χ3v) is 5.33. The van der Waals surface area contributed by atoms with Crippen molar-refractivity contribution in [3.63, 3.8) is 0 Å². The normalized spacial score (nSPS) is 27.1. The zero-order valence-corrected chi connectivity index (χ0v) is 13.3. The molecule has 2 atom stereocenters. The van der Waals surface area contributed by atoms with Gasteiger partial charge < -0.3 is 10.0 Å². The molecule has 1 aromatic rings. The minimum absolute atomic E-state index is 0.187. The predicted octanol–water partition coefficient (Wildman–Crippen LogP) is 2.62. The highest BCUT2D eigenvalue weighted by molar-refractivity contribution is 5.28. The Morgan fingerprint density at radius 3 is 2.38 bits per heavy atom. The third kappa shape index (κ3) is 3.31. The Labute approximate surface area is 128 Å². The van der Waals surface area contributed by atoms with Crippen LogP contribution in [0.4, 0.5) is 0 Å². The van der Waals surface area contributed by atoms with Crippen LogP contribution in [0.5, 0.6) is 0 Å². The van der Waals surface area contributed by atoms with Gasteiger partial charge in [0.25, 0.3) is 0 Å². The first kappa shape index (κ1) is 15.0. The van der Waals surface area contributed by atoms with Crippen LogP contribution >= 0.6 is 0 Å². The van der Waals surface area contributed by atoms with E-state index in [1.165, 1.54) is 31.2 Å². The Balaban J connectivity index is 1.71. The van der Waals surface area contributed by atoms with E-state index in [9.17, 15) is 5.11 Å². The average molecular weight is 288 g/mol. The summed E-state index contributed by atoms with van der Waals surface area (Å²) in [6.07, 6.45) is 4.81. The van der Waals surface area contributed by atoms with Gasteiger partial charge in [0, 0.05) is 6.54 Å². The standard InChI is InChI=1S/C18H28N2O/c1-19-11-4-12-20(2)17(13-19)18(21)16-9-7-15(8-10-16)14-5-3-6-14/h7-10,14,17-18,21H,3-6,11-13H2,1-2H3. The van der Waals surface area contributed by atoms with Crippen molar-refractivity contribution >= 4 is 0 Å². The topological polar surface area (TPSA) is 26.7 Å². The van der Waals surface area contributed by atoms with Gasteiger partial charge >= 0.3 is 0 Å². The summed E-state index contributed by atoms with van der Waals surface area (Å²) < 4.78 is 0. The van der Waals surface area contributed by atoms with Gasteiger partial charge in [-0.3, -0.25) is 4.90 Å². The fourth-order valence-corrected chi connectivity index (χ4v) is 3.58. The van der Waals surface area contributed by atoms with Crippen LogP contribution in [0.15, 0.2) is 24.3 Å². The fourth-order valence-electron chi connectivity index (χ4n) is 3.58. The summed E-state index contributed by atoms with van der Waals surface area (Å²) >= 11 is 0. The number of aliphatic hydroxyl groups is 1. The van der Waals surface area contributed by atoms with E-state index in [0.717, 1.165) is 31.1 Å². The quantitative estimate of drug-likeness (QED) is 0.926. The molecule has 0 aromatic heterocycles. The van der Waals surface area contributed by atoms with E-state index in [4.69, 9.17) is 0 Å². The molecule has 1 aliphatic heterocycles. The maximum atomic E-state index is 10.8. The average Bonchev–Trinajstić information content (AvgIpc) is 2.59. The molecule has 3 rings (SSSR count). The number of hydrogen-bond donors (Lipinski definition) is 1. The van der Waals surface area contributed by atoms with Gasteiger partial charge in [0.05, 0.1) is 12.1 Å². The first-order valence-electron chi connectivity index (χ1n) is 8.32. The van der Waals surface area contributed by atoms with Crippen LogP contribution in [0.1, 0.15) is 48.8 Å². The van der Waals surface area contributed by atoms with Crippen LogP contribution in [-0.4, -0.2) is 54.7 Å². The van der Waals surface area contributed by atoms with E-state index in [1.54, 1.807) is 0 Å². The summed E-state index contributed by atoms with van der Waals surface area (Å²) in [5.74, 6) is 0.767. The van der Waals surface area contributed by atoms with Crippen molar-refractivity contribution in [2.45, 2.75) is 43.7 Å². The lowest BCUT2D eigenvalue weighted by Crippen LogP contribution is -2.42. The Morgan fingerprint density at radius 1 is 1.05 bits per heavy atom. The number of benzene rings is 1. The lowest BCUT2D eigenvalue weighted by atomic mass is 9.80. The number of rotatable bonds is 3. The predicted molar refractivity (Wildman–Crippen MR) is 86.5 cm³/mol. The first-order chi connectivity index (χ1) is 10.1. The van der Waals surface area contributed by atoms with Crippen LogP contribution in [0.3, 0.4) is 0 Å². The molecular formula is C18H28N2O. The van der Waals surface area contributed by atoms with Crippen molar-refractivity contribution in [3.8, 4) is 0 Å². The van der Waals surface area contributed by atoms with Gasteiger partial charge in [-0.1, -0.05) is 30.7 Å². The molecule has 0 bridgehead atoms. The van der Waals surface area contributed by atoms with Crippen molar-refractivity contribution in [3.05, 3.63) is 35.4 Å². The highest BCUT2D eigenvalue weighted by atomic mass is 16.3. The third-order valence-electron chi connectivity index (χ3n) is 5.33. The number of nitrogens with zero attached hydrogens (tertiary/aromatic N) is 2. The molecule has 2 aliphatic rings. The molecule has 116 valence electrons. The Kier molecular flexibility index (Phi) is 4.63. The fraction of sp³-hybridized carbons (Fsp3) is 0.667. The van der Waals surface area contributed by atoms with Crippen molar-refractivity contribution in [2.75, 3.05) is 33.7 Å². The van der Waals surface area contributed by atoms with E-state index >= 15 is 0 Å². The Bertz CT molecular complexity index is 455. The van der Waals surface area contributed by atoms with Gasteiger partial charge in [-0.2, -0.15) is 0 Å². The summed E-state index contributed by atoms with van der Waals surface area (Å²) in [4.78, 5) is 4.65. The molecule has 1 heterocycles. The van der Waals surface area contributed by atoms with Gasteiger partial charge in [0.1, 0.15) is 0 Å². The molecule has 1 N–H and O–H groups in total. The number of hydrogen-bond acceptors (Lipinski definition) is 3. The first-order valence-corrected chi connectivity index (χ1v) is 8.32. The Morgan fingerprint density at radius 2 is 1.76 bits per heavy atom. The van der Waals surface area contributed by atoms with Crippen LogP contribution in [0, 0.1) is 0 Å². The van der Waals surface area contributed by atoms with E-state index in [0.29, 0.717) is 0 Å². The molecule has 21 heavy (non-hydrogen) atoms. The molecular weight excluding hydrogens is 260 g/mol. The molecule has 2 fully saturated rings. The highest BCUT2D eigenvalue weighted by Gasteiger charge is 2.28. The van der Waals surface area contributed by atoms with Crippen molar-refractivity contribution in [1.29, 1.82) is 0 Å². The number of likely N-dealkylation sites (N-methyl/N-ethyl adjacent to an activating group) is 2. The molecule has 0 radical (unpaired) electrons. The largest absolute Gasteiger partial charge is 0.387 e. The molecule has 1 aliphatic carbocycles. The van der Waals surface area contributed by atoms with Crippen molar-refractivity contribution < 1.29 is 5.11 Å². The minimum Gasteiger partial charge on any atom is -0.387 e. The molecule has 1 saturated heterocycles. The molecule has 0 spiro atoms. The molecule has 0 amide bonds. The maximum absolute atomic E-state index is 10.8. The minimum atomic E-state index is -0.397. The van der Waals surface area contributed by atoms with Gasteiger partial charge in [-0.25, -0.2) is 0 Å². The second-order valence-electron chi connectivity index (χ2n) is 6.90. The van der Waals surface area contributed by atoms with Gasteiger partial charge in [-0.05, 0) is 63.5 Å². The molecule has 2 unspecified atom stereocenters. The van der Waals surface area contributed by atoms with Crippen LogP contribution in [-0.2, 0) is 0 Å². The monoisotopic (exact) mass is 288 g/mol. The molecule has 3 heteroatoms. The van der Waals surface area contributed by atoms with Crippen molar-refractivity contribution in [2.24, 2.45) is 0 Å².